The molecule has 162 valence electrons. The molecule has 5 rings (SSSR count). The fourth-order valence-electron chi connectivity index (χ4n) is 5.90. The van der Waals surface area contributed by atoms with E-state index in [4.69, 9.17) is 4.98 Å². The Labute approximate surface area is 187 Å². The molecule has 3 heteroatoms. The standard InChI is InChI=1S/C28H35N3/c1-3-31-21-17-29-27(31)28(16-8-9-18-30-19-14-22(2)15-20-30)25-12-6-4-10-23(25)24-11-5-7-13-26(24)28/h4-7,10-13,17,21-22H,3,8-9,14-16,18-20H2,1-2H3. The van der Waals surface area contributed by atoms with Crippen LogP contribution in [0.4, 0.5) is 0 Å². The van der Waals surface area contributed by atoms with E-state index in [0.717, 1.165) is 18.9 Å². The van der Waals surface area contributed by atoms with Crippen molar-refractivity contribution in [2.45, 2.75) is 57.9 Å². The number of fused-ring (bicyclic) bond motifs is 3. The molecule has 0 N–H and O–H groups in total. The van der Waals surface area contributed by atoms with Crippen LogP contribution >= 0.6 is 0 Å². The maximum atomic E-state index is 4.97. The number of hydrogen-bond acceptors (Lipinski definition) is 2. The minimum absolute atomic E-state index is 0.150. The zero-order chi connectivity index (χ0) is 21.3. The molecule has 0 spiro atoms. The van der Waals surface area contributed by atoms with Gasteiger partial charge in [0, 0.05) is 18.9 Å². The third-order valence-electron chi connectivity index (χ3n) is 7.65. The van der Waals surface area contributed by atoms with Crippen LogP contribution in [0.3, 0.4) is 0 Å². The van der Waals surface area contributed by atoms with E-state index in [1.165, 1.54) is 73.4 Å². The van der Waals surface area contributed by atoms with Crippen LogP contribution in [0.2, 0.25) is 0 Å². The van der Waals surface area contributed by atoms with Gasteiger partial charge in [-0.3, -0.25) is 0 Å². The number of aryl methyl sites for hydroxylation is 1. The second kappa shape index (κ2) is 8.63. The summed E-state index contributed by atoms with van der Waals surface area (Å²) in [6.07, 6.45) is 10.4. The van der Waals surface area contributed by atoms with Crippen LogP contribution in [0, 0.1) is 5.92 Å². The molecule has 0 saturated carbocycles. The highest BCUT2D eigenvalue weighted by Crippen LogP contribution is 2.54. The molecule has 1 aliphatic heterocycles. The molecule has 1 fully saturated rings. The Morgan fingerprint density at radius 2 is 1.58 bits per heavy atom. The molecule has 0 bridgehead atoms. The van der Waals surface area contributed by atoms with Crippen molar-refractivity contribution in [3.05, 3.63) is 77.9 Å². The van der Waals surface area contributed by atoms with Crippen LogP contribution in [-0.2, 0) is 12.0 Å². The van der Waals surface area contributed by atoms with Gasteiger partial charge in [0.25, 0.3) is 0 Å². The Bertz CT molecular complexity index is 980. The predicted molar refractivity (Wildman–Crippen MR) is 128 cm³/mol. The number of likely N-dealkylation sites (tertiary alicyclic amines) is 1. The van der Waals surface area contributed by atoms with Crippen LogP contribution < -0.4 is 0 Å². The number of aromatic nitrogens is 2. The number of piperidine rings is 1. The number of benzene rings is 2. The first kappa shape index (κ1) is 20.5. The van der Waals surface area contributed by atoms with Crippen molar-refractivity contribution < 1.29 is 0 Å². The van der Waals surface area contributed by atoms with Gasteiger partial charge in [0.05, 0.1) is 5.41 Å². The van der Waals surface area contributed by atoms with E-state index < -0.39 is 0 Å². The van der Waals surface area contributed by atoms with Gasteiger partial charge < -0.3 is 9.47 Å². The number of unbranched alkanes of at least 4 members (excludes halogenated alkanes) is 1. The van der Waals surface area contributed by atoms with E-state index in [-0.39, 0.29) is 5.41 Å². The highest BCUT2D eigenvalue weighted by atomic mass is 15.1. The van der Waals surface area contributed by atoms with Gasteiger partial charge in [-0.2, -0.15) is 0 Å². The van der Waals surface area contributed by atoms with E-state index in [1.807, 2.05) is 6.20 Å². The summed E-state index contributed by atoms with van der Waals surface area (Å²) in [5.74, 6) is 2.11. The highest BCUT2D eigenvalue weighted by Gasteiger charge is 2.46. The van der Waals surface area contributed by atoms with Crippen LogP contribution in [0.1, 0.15) is 62.9 Å². The van der Waals surface area contributed by atoms with Crippen molar-refractivity contribution >= 4 is 0 Å². The maximum Gasteiger partial charge on any atom is 0.123 e. The Morgan fingerprint density at radius 3 is 2.23 bits per heavy atom. The monoisotopic (exact) mass is 413 g/mol. The van der Waals surface area contributed by atoms with E-state index in [1.54, 1.807) is 0 Å². The SMILES string of the molecule is CCn1ccnc1C1(CCCCN2CCC(C)CC2)c2ccccc2-c2ccccc21. The van der Waals surface area contributed by atoms with Crippen molar-refractivity contribution in [3.63, 3.8) is 0 Å². The van der Waals surface area contributed by atoms with Gasteiger partial charge in [-0.15, -0.1) is 0 Å². The van der Waals surface area contributed by atoms with E-state index >= 15 is 0 Å². The second-order valence-corrected chi connectivity index (χ2v) is 9.51. The molecule has 0 radical (unpaired) electrons. The lowest BCUT2D eigenvalue weighted by atomic mass is 9.73. The lowest BCUT2D eigenvalue weighted by molar-refractivity contribution is 0.188. The van der Waals surface area contributed by atoms with Crippen molar-refractivity contribution in [1.29, 1.82) is 0 Å². The molecule has 1 saturated heterocycles. The predicted octanol–water partition coefficient (Wildman–Crippen LogP) is 6.12. The molecule has 0 unspecified atom stereocenters. The molecule has 1 aromatic heterocycles. The molecule has 3 nitrogen and oxygen atoms in total. The fraction of sp³-hybridized carbons (Fsp3) is 0.464. The first-order valence-corrected chi connectivity index (χ1v) is 12.2. The Hall–Kier alpha value is -2.39. The summed E-state index contributed by atoms with van der Waals surface area (Å²) >= 11 is 0. The van der Waals surface area contributed by atoms with Crippen LogP contribution in [0.5, 0.6) is 0 Å². The fourth-order valence-corrected chi connectivity index (χ4v) is 5.90. The molecule has 0 atom stereocenters. The van der Waals surface area contributed by atoms with Gasteiger partial charge in [-0.1, -0.05) is 61.9 Å². The smallest absolute Gasteiger partial charge is 0.123 e. The van der Waals surface area contributed by atoms with Gasteiger partial charge in [-0.25, -0.2) is 4.98 Å². The number of hydrogen-bond donors (Lipinski definition) is 0. The van der Waals surface area contributed by atoms with Gasteiger partial charge in [0.2, 0.25) is 0 Å². The van der Waals surface area contributed by atoms with Gasteiger partial charge in [0.1, 0.15) is 5.82 Å². The summed E-state index contributed by atoms with van der Waals surface area (Å²) in [7, 11) is 0. The molecule has 1 aliphatic carbocycles. The topological polar surface area (TPSA) is 21.1 Å². The number of rotatable bonds is 7. The minimum Gasteiger partial charge on any atom is -0.334 e. The summed E-state index contributed by atoms with van der Waals surface area (Å²) in [4.78, 5) is 7.65. The molecular formula is C28H35N3. The Morgan fingerprint density at radius 1 is 0.935 bits per heavy atom. The lowest BCUT2D eigenvalue weighted by Crippen LogP contribution is -2.34. The summed E-state index contributed by atoms with van der Waals surface area (Å²) in [5, 5.41) is 0. The van der Waals surface area contributed by atoms with E-state index in [2.05, 4.69) is 78.0 Å². The molecule has 2 aliphatic rings. The van der Waals surface area contributed by atoms with Gasteiger partial charge in [-0.05, 0) is 80.4 Å². The van der Waals surface area contributed by atoms with Gasteiger partial charge in [0.15, 0.2) is 0 Å². The second-order valence-electron chi connectivity index (χ2n) is 9.51. The van der Waals surface area contributed by atoms with Crippen LogP contribution in [0.15, 0.2) is 60.9 Å². The average molecular weight is 414 g/mol. The normalized spacial score (nSPS) is 18.1. The average Bonchev–Trinajstić information content (AvgIpc) is 3.40. The highest BCUT2D eigenvalue weighted by molar-refractivity contribution is 5.82. The van der Waals surface area contributed by atoms with Crippen molar-refractivity contribution in [2.24, 2.45) is 5.92 Å². The first-order valence-electron chi connectivity index (χ1n) is 12.2. The Kier molecular flexibility index (Phi) is 5.71. The third kappa shape index (κ3) is 3.53. The first-order chi connectivity index (χ1) is 15.2. The van der Waals surface area contributed by atoms with Crippen LogP contribution in [0.25, 0.3) is 11.1 Å². The zero-order valence-electron chi connectivity index (χ0n) is 19.1. The van der Waals surface area contributed by atoms with Gasteiger partial charge >= 0.3 is 0 Å². The minimum atomic E-state index is -0.150. The molecule has 2 aromatic carbocycles. The lowest BCUT2D eigenvalue weighted by Gasteiger charge is -2.33. The zero-order valence-corrected chi connectivity index (χ0v) is 19.1. The summed E-state index contributed by atoms with van der Waals surface area (Å²) < 4.78 is 2.35. The van der Waals surface area contributed by atoms with E-state index in [9.17, 15) is 0 Å². The maximum absolute atomic E-state index is 4.97. The largest absolute Gasteiger partial charge is 0.334 e. The molecule has 2 heterocycles. The van der Waals surface area contributed by atoms with Crippen molar-refractivity contribution in [3.8, 4) is 11.1 Å². The quantitative estimate of drug-likeness (QED) is 0.435. The van der Waals surface area contributed by atoms with E-state index in [0.29, 0.717) is 0 Å². The Balaban J connectivity index is 1.47. The molecule has 0 amide bonds. The third-order valence-corrected chi connectivity index (χ3v) is 7.65. The number of imidazole rings is 1. The summed E-state index contributed by atoms with van der Waals surface area (Å²) in [5.41, 5.74) is 5.48. The van der Waals surface area contributed by atoms with Crippen molar-refractivity contribution in [1.82, 2.24) is 14.5 Å². The summed E-state index contributed by atoms with van der Waals surface area (Å²) in [6.45, 7) is 9.35. The molecule has 3 aromatic rings. The molecule has 31 heavy (non-hydrogen) atoms. The number of nitrogens with zero attached hydrogens (tertiary/aromatic N) is 3. The molecular weight excluding hydrogens is 378 g/mol. The van der Waals surface area contributed by atoms with Crippen molar-refractivity contribution in [2.75, 3.05) is 19.6 Å². The summed E-state index contributed by atoms with van der Waals surface area (Å²) in [6, 6.07) is 18.0. The van der Waals surface area contributed by atoms with Crippen LogP contribution in [-0.4, -0.2) is 34.1 Å².